The Kier molecular flexibility index (Phi) is 3.40. The molecule has 1 aromatic carbocycles. The summed E-state index contributed by atoms with van der Waals surface area (Å²) in [6.07, 6.45) is 0. The maximum Gasteiger partial charge on any atom is 0.299 e. The van der Waals surface area contributed by atoms with Crippen LogP contribution in [0, 0.1) is 17.8 Å². The molecule has 0 spiro atoms. The number of amides is 1. The van der Waals surface area contributed by atoms with Gasteiger partial charge in [0.1, 0.15) is 5.60 Å². The molecule has 0 aliphatic carbocycles. The summed E-state index contributed by atoms with van der Waals surface area (Å²) in [6.45, 7) is 4.68. The summed E-state index contributed by atoms with van der Waals surface area (Å²) in [5, 5.41) is 10.0. The van der Waals surface area contributed by atoms with Crippen molar-refractivity contribution in [1.29, 1.82) is 0 Å². The van der Waals surface area contributed by atoms with Gasteiger partial charge in [-0.25, -0.2) is 0 Å². The van der Waals surface area contributed by atoms with Gasteiger partial charge >= 0.3 is 0 Å². The van der Waals surface area contributed by atoms with Crippen molar-refractivity contribution in [1.82, 2.24) is 4.90 Å². The lowest BCUT2D eigenvalue weighted by atomic mass is 9.83. The SMILES string of the molecule is CC(C)C1(O)CN(C(=O)C#Cc2ccccc2)C1. The molecule has 3 nitrogen and oxygen atoms in total. The van der Waals surface area contributed by atoms with Gasteiger partial charge in [0, 0.05) is 11.5 Å². The molecule has 0 radical (unpaired) electrons. The molecule has 0 atom stereocenters. The van der Waals surface area contributed by atoms with E-state index in [9.17, 15) is 9.90 Å². The predicted octanol–water partition coefficient (Wildman–Crippen LogP) is 1.27. The van der Waals surface area contributed by atoms with Gasteiger partial charge in [0.25, 0.3) is 5.91 Å². The van der Waals surface area contributed by atoms with Crippen LogP contribution in [0.5, 0.6) is 0 Å². The second-order valence-electron chi connectivity index (χ2n) is 5.04. The maximum absolute atomic E-state index is 11.8. The largest absolute Gasteiger partial charge is 0.386 e. The fourth-order valence-electron chi connectivity index (χ4n) is 1.85. The van der Waals surface area contributed by atoms with Gasteiger partial charge in [-0.05, 0) is 18.1 Å². The molecule has 3 heteroatoms. The highest BCUT2D eigenvalue weighted by atomic mass is 16.3. The zero-order valence-electron chi connectivity index (χ0n) is 10.7. The number of likely N-dealkylation sites (tertiary alicyclic amines) is 1. The Morgan fingerprint density at radius 2 is 1.94 bits per heavy atom. The lowest BCUT2D eigenvalue weighted by Crippen LogP contribution is -2.65. The average Bonchev–Trinajstić information content (AvgIpc) is 2.33. The molecule has 1 aliphatic rings. The van der Waals surface area contributed by atoms with Crippen LogP contribution in [0.1, 0.15) is 19.4 Å². The van der Waals surface area contributed by atoms with E-state index >= 15 is 0 Å². The molecular formula is C15H17NO2. The number of hydrogen-bond acceptors (Lipinski definition) is 2. The molecule has 1 aromatic rings. The number of carbonyl (C=O) groups is 1. The van der Waals surface area contributed by atoms with Crippen LogP contribution < -0.4 is 0 Å². The van der Waals surface area contributed by atoms with E-state index in [0.29, 0.717) is 13.1 Å². The van der Waals surface area contributed by atoms with Crippen LogP contribution in [0.15, 0.2) is 30.3 Å². The second-order valence-corrected chi connectivity index (χ2v) is 5.04. The van der Waals surface area contributed by atoms with Crippen molar-refractivity contribution in [3.63, 3.8) is 0 Å². The number of benzene rings is 1. The monoisotopic (exact) mass is 243 g/mol. The first-order valence-electron chi connectivity index (χ1n) is 6.09. The Labute approximate surface area is 107 Å². The lowest BCUT2D eigenvalue weighted by Gasteiger charge is -2.48. The van der Waals surface area contributed by atoms with E-state index in [4.69, 9.17) is 0 Å². The third-order valence-electron chi connectivity index (χ3n) is 3.38. The first kappa shape index (κ1) is 12.7. The van der Waals surface area contributed by atoms with Crippen molar-refractivity contribution in [3.05, 3.63) is 35.9 Å². The third kappa shape index (κ3) is 2.55. The van der Waals surface area contributed by atoms with Crippen LogP contribution in [-0.2, 0) is 4.79 Å². The summed E-state index contributed by atoms with van der Waals surface area (Å²) < 4.78 is 0. The number of carbonyl (C=O) groups excluding carboxylic acids is 1. The van der Waals surface area contributed by atoms with E-state index in [-0.39, 0.29) is 11.8 Å². The molecular weight excluding hydrogens is 226 g/mol. The lowest BCUT2D eigenvalue weighted by molar-refractivity contribution is -0.158. The highest BCUT2D eigenvalue weighted by Gasteiger charge is 2.45. The van der Waals surface area contributed by atoms with Gasteiger partial charge in [-0.15, -0.1) is 0 Å². The van der Waals surface area contributed by atoms with Crippen molar-refractivity contribution in [2.75, 3.05) is 13.1 Å². The second kappa shape index (κ2) is 4.83. The van der Waals surface area contributed by atoms with Crippen molar-refractivity contribution >= 4 is 5.91 Å². The number of aliphatic hydroxyl groups is 1. The van der Waals surface area contributed by atoms with Crippen LogP contribution in [0.3, 0.4) is 0 Å². The first-order chi connectivity index (χ1) is 8.51. The van der Waals surface area contributed by atoms with Gasteiger partial charge < -0.3 is 10.0 Å². The van der Waals surface area contributed by atoms with E-state index in [2.05, 4.69) is 11.8 Å². The summed E-state index contributed by atoms with van der Waals surface area (Å²) in [5.74, 6) is 5.37. The molecule has 0 unspecified atom stereocenters. The summed E-state index contributed by atoms with van der Waals surface area (Å²) in [7, 11) is 0. The van der Waals surface area contributed by atoms with Gasteiger partial charge in [-0.2, -0.15) is 0 Å². The summed E-state index contributed by atoms with van der Waals surface area (Å²) in [5.41, 5.74) is 0.0925. The molecule has 1 N–H and O–H groups in total. The van der Waals surface area contributed by atoms with Gasteiger partial charge in [-0.3, -0.25) is 4.79 Å². The molecule has 0 saturated carbocycles. The van der Waals surface area contributed by atoms with E-state index in [1.165, 1.54) is 0 Å². The molecule has 1 heterocycles. The summed E-state index contributed by atoms with van der Waals surface area (Å²) >= 11 is 0. The number of hydrogen-bond donors (Lipinski definition) is 1. The molecule has 18 heavy (non-hydrogen) atoms. The normalized spacial score (nSPS) is 16.8. The summed E-state index contributed by atoms with van der Waals surface area (Å²) in [4.78, 5) is 13.3. The highest BCUT2D eigenvalue weighted by molar-refractivity contribution is 5.94. The first-order valence-corrected chi connectivity index (χ1v) is 6.09. The van der Waals surface area contributed by atoms with Crippen LogP contribution in [0.4, 0.5) is 0 Å². The summed E-state index contributed by atoms with van der Waals surface area (Å²) in [6, 6.07) is 9.40. The topological polar surface area (TPSA) is 40.5 Å². The average molecular weight is 243 g/mol. The molecule has 1 aliphatic heterocycles. The maximum atomic E-state index is 11.8. The zero-order valence-corrected chi connectivity index (χ0v) is 10.7. The van der Waals surface area contributed by atoms with E-state index in [0.717, 1.165) is 5.56 Å². The fourth-order valence-corrected chi connectivity index (χ4v) is 1.85. The number of rotatable bonds is 1. The van der Waals surface area contributed by atoms with Crippen molar-refractivity contribution in [2.24, 2.45) is 5.92 Å². The molecule has 2 rings (SSSR count). The molecule has 0 bridgehead atoms. The van der Waals surface area contributed by atoms with E-state index in [1.54, 1.807) is 4.90 Å². The van der Waals surface area contributed by atoms with E-state index in [1.807, 2.05) is 44.2 Å². The Hall–Kier alpha value is -1.79. The minimum atomic E-state index is -0.732. The Morgan fingerprint density at radius 1 is 1.33 bits per heavy atom. The minimum Gasteiger partial charge on any atom is -0.386 e. The molecule has 1 saturated heterocycles. The van der Waals surface area contributed by atoms with Gasteiger partial charge in [0.15, 0.2) is 0 Å². The van der Waals surface area contributed by atoms with Crippen LogP contribution in [0.25, 0.3) is 0 Å². The van der Waals surface area contributed by atoms with Gasteiger partial charge in [0.05, 0.1) is 13.1 Å². The molecule has 94 valence electrons. The Bertz CT molecular complexity index is 490. The molecule has 0 aromatic heterocycles. The quantitative estimate of drug-likeness (QED) is 0.755. The van der Waals surface area contributed by atoms with Gasteiger partial charge in [0.2, 0.25) is 0 Å². The fraction of sp³-hybridized carbons (Fsp3) is 0.400. The minimum absolute atomic E-state index is 0.156. The zero-order chi connectivity index (χ0) is 13.2. The van der Waals surface area contributed by atoms with Crippen LogP contribution >= 0.6 is 0 Å². The van der Waals surface area contributed by atoms with Crippen molar-refractivity contribution in [3.8, 4) is 11.8 Å². The molecule has 1 fully saturated rings. The van der Waals surface area contributed by atoms with Crippen molar-refractivity contribution < 1.29 is 9.90 Å². The highest BCUT2D eigenvalue weighted by Crippen LogP contribution is 2.28. The van der Waals surface area contributed by atoms with E-state index < -0.39 is 5.60 Å². The third-order valence-corrected chi connectivity index (χ3v) is 3.38. The van der Waals surface area contributed by atoms with Crippen LogP contribution in [0.2, 0.25) is 0 Å². The molecule has 1 amide bonds. The van der Waals surface area contributed by atoms with Crippen molar-refractivity contribution in [2.45, 2.75) is 19.4 Å². The Balaban J connectivity index is 1.94. The smallest absolute Gasteiger partial charge is 0.299 e. The number of β-amino-alcohol motifs (C(OH)–C–C–N with tert-alkyl or cyclic N) is 1. The Morgan fingerprint density at radius 3 is 2.50 bits per heavy atom. The number of nitrogens with zero attached hydrogens (tertiary/aromatic N) is 1. The van der Waals surface area contributed by atoms with Crippen LogP contribution in [-0.4, -0.2) is 34.6 Å². The standard InChI is InChI=1S/C15H17NO2/c1-12(2)15(18)10-16(11-15)14(17)9-8-13-6-4-3-5-7-13/h3-7,12,18H,10-11H2,1-2H3. The predicted molar refractivity (Wildman–Crippen MR) is 69.7 cm³/mol. The van der Waals surface area contributed by atoms with Gasteiger partial charge in [-0.1, -0.05) is 38.0 Å².